The van der Waals surface area contributed by atoms with Crippen LogP contribution in [0.2, 0.25) is 0 Å². The number of carbonyl (C=O) groups is 4. The lowest BCUT2D eigenvalue weighted by Gasteiger charge is -2.27. The van der Waals surface area contributed by atoms with Crippen LogP contribution >= 0.6 is 0 Å². The number of aliphatic carboxylic acids is 1. The smallest absolute Gasteiger partial charge is 0.338 e. The maximum atomic E-state index is 12.7. The standard InChI is InChI=1S/C20H25NO7/c1-3-27-19(25)12-9-13(20(26)28-4-2)11-14(10-12)21-17(22)15-7-5-6-8-16(15)18(23)24/h9-11,15-16H,3-8H2,1-2H3,(H,21,22)(H,23,24). The Labute approximate surface area is 163 Å². The maximum Gasteiger partial charge on any atom is 0.338 e. The minimum absolute atomic E-state index is 0.0983. The van der Waals surface area contributed by atoms with Crippen LogP contribution in [0.15, 0.2) is 18.2 Å². The van der Waals surface area contributed by atoms with Gasteiger partial charge in [-0.2, -0.15) is 0 Å². The molecule has 2 atom stereocenters. The summed E-state index contributed by atoms with van der Waals surface area (Å²) in [6.45, 7) is 3.63. The minimum Gasteiger partial charge on any atom is -0.481 e. The van der Waals surface area contributed by atoms with Gasteiger partial charge < -0.3 is 19.9 Å². The lowest BCUT2D eigenvalue weighted by molar-refractivity contribution is -0.147. The highest BCUT2D eigenvalue weighted by Crippen LogP contribution is 2.31. The van der Waals surface area contributed by atoms with Crippen molar-refractivity contribution in [2.45, 2.75) is 39.5 Å². The summed E-state index contributed by atoms with van der Waals surface area (Å²) in [4.78, 5) is 48.3. The molecule has 8 nitrogen and oxygen atoms in total. The van der Waals surface area contributed by atoms with Gasteiger partial charge in [-0.15, -0.1) is 0 Å². The zero-order valence-electron chi connectivity index (χ0n) is 16.0. The van der Waals surface area contributed by atoms with Crippen molar-refractivity contribution < 1.29 is 33.8 Å². The van der Waals surface area contributed by atoms with E-state index in [1.165, 1.54) is 18.2 Å². The monoisotopic (exact) mass is 391 g/mol. The molecule has 28 heavy (non-hydrogen) atoms. The highest BCUT2D eigenvalue weighted by atomic mass is 16.5. The number of ether oxygens (including phenoxy) is 2. The van der Waals surface area contributed by atoms with Gasteiger partial charge >= 0.3 is 17.9 Å². The third kappa shape index (κ3) is 5.31. The zero-order chi connectivity index (χ0) is 20.7. The van der Waals surface area contributed by atoms with Crippen molar-refractivity contribution in [3.8, 4) is 0 Å². The molecular formula is C20H25NO7. The fourth-order valence-electron chi connectivity index (χ4n) is 3.34. The van der Waals surface area contributed by atoms with E-state index in [1.54, 1.807) is 13.8 Å². The fourth-order valence-corrected chi connectivity index (χ4v) is 3.34. The highest BCUT2D eigenvalue weighted by molar-refractivity contribution is 6.00. The van der Waals surface area contributed by atoms with E-state index in [0.717, 1.165) is 12.8 Å². The lowest BCUT2D eigenvalue weighted by Crippen LogP contribution is -2.36. The third-order valence-electron chi connectivity index (χ3n) is 4.64. The number of rotatable bonds is 7. The average molecular weight is 391 g/mol. The molecule has 2 rings (SSSR count). The van der Waals surface area contributed by atoms with Crippen LogP contribution in [0.25, 0.3) is 0 Å². The maximum absolute atomic E-state index is 12.7. The van der Waals surface area contributed by atoms with Gasteiger partial charge in [0.25, 0.3) is 0 Å². The molecule has 0 bridgehead atoms. The molecule has 152 valence electrons. The number of benzene rings is 1. The summed E-state index contributed by atoms with van der Waals surface area (Å²) < 4.78 is 9.93. The van der Waals surface area contributed by atoms with Crippen LogP contribution in [0.1, 0.15) is 60.2 Å². The van der Waals surface area contributed by atoms with E-state index in [2.05, 4.69) is 5.32 Å². The molecule has 1 fully saturated rings. The largest absolute Gasteiger partial charge is 0.481 e. The molecule has 0 spiro atoms. The van der Waals surface area contributed by atoms with E-state index in [0.29, 0.717) is 12.8 Å². The van der Waals surface area contributed by atoms with Crippen LogP contribution in [0.3, 0.4) is 0 Å². The van der Waals surface area contributed by atoms with E-state index < -0.39 is 35.7 Å². The number of carboxylic acids is 1. The van der Waals surface area contributed by atoms with Crippen LogP contribution in [-0.4, -0.2) is 42.1 Å². The highest BCUT2D eigenvalue weighted by Gasteiger charge is 2.35. The SMILES string of the molecule is CCOC(=O)c1cc(NC(=O)C2CCCCC2C(=O)O)cc(C(=O)OCC)c1. The Hall–Kier alpha value is -2.90. The molecule has 1 aromatic rings. The van der Waals surface area contributed by atoms with Gasteiger partial charge in [0.1, 0.15) is 0 Å². The number of amides is 1. The van der Waals surface area contributed by atoms with Crippen molar-refractivity contribution in [2.75, 3.05) is 18.5 Å². The number of hydrogen-bond donors (Lipinski definition) is 2. The first kappa shape index (κ1) is 21.4. The van der Waals surface area contributed by atoms with Gasteiger partial charge in [0, 0.05) is 5.69 Å². The fraction of sp³-hybridized carbons (Fsp3) is 0.500. The first-order chi connectivity index (χ1) is 13.4. The molecule has 0 aromatic heterocycles. The Morgan fingerprint density at radius 3 is 1.89 bits per heavy atom. The molecule has 0 saturated heterocycles. The predicted molar refractivity (Wildman–Crippen MR) is 100 cm³/mol. The Balaban J connectivity index is 2.29. The van der Waals surface area contributed by atoms with Crippen LogP contribution in [-0.2, 0) is 19.1 Å². The second-order valence-electron chi connectivity index (χ2n) is 6.56. The van der Waals surface area contributed by atoms with E-state index in [1.807, 2.05) is 0 Å². The van der Waals surface area contributed by atoms with Crippen molar-refractivity contribution in [1.29, 1.82) is 0 Å². The molecule has 0 radical (unpaired) electrons. The van der Waals surface area contributed by atoms with Gasteiger partial charge in [-0.25, -0.2) is 9.59 Å². The lowest BCUT2D eigenvalue weighted by atomic mass is 9.78. The Morgan fingerprint density at radius 2 is 1.43 bits per heavy atom. The first-order valence-corrected chi connectivity index (χ1v) is 9.40. The molecule has 1 amide bonds. The molecule has 1 aliphatic carbocycles. The molecule has 2 N–H and O–H groups in total. The van der Waals surface area contributed by atoms with Gasteiger partial charge in [-0.05, 0) is 44.9 Å². The third-order valence-corrected chi connectivity index (χ3v) is 4.64. The van der Waals surface area contributed by atoms with Crippen LogP contribution in [0.5, 0.6) is 0 Å². The molecule has 0 aliphatic heterocycles. The quantitative estimate of drug-likeness (QED) is 0.686. The van der Waals surface area contributed by atoms with Crippen LogP contribution in [0.4, 0.5) is 5.69 Å². The van der Waals surface area contributed by atoms with Gasteiger partial charge in [0.15, 0.2) is 0 Å². The Bertz CT molecular complexity index is 723. The minimum atomic E-state index is -0.993. The second kappa shape index (κ2) is 9.87. The summed E-state index contributed by atoms with van der Waals surface area (Å²) >= 11 is 0. The summed E-state index contributed by atoms with van der Waals surface area (Å²) in [5.74, 6) is -4.11. The second-order valence-corrected chi connectivity index (χ2v) is 6.56. The summed E-state index contributed by atoms with van der Waals surface area (Å²) in [6, 6.07) is 4.14. The molecule has 0 heterocycles. The van der Waals surface area contributed by atoms with Crippen molar-refractivity contribution in [1.82, 2.24) is 0 Å². The van der Waals surface area contributed by atoms with E-state index in [9.17, 15) is 24.3 Å². The van der Waals surface area contributed by atoms with Gasteiger partial charge in [0.2, 0.25) is 5.91 Å². The van der Waals surface area contributed by atoms with Gasteiger partial charge in [-0.3, -0.25) is 9.59 Å². The summed E-state index contributed by atoms with van der Waals surface area (Å²) in [7, 11) is 0. The van der Waals surface area contributed by atoms with Crippen molar-refractivity contribution in [3.05, 3.63) is 29.3 Å². The summed E-state index contributed by atoms with van der Waals surface area (Å²) in [5, 5.41) is 12.0. The van der Waals surface area contributed by atoms with E-state index in [-0.39, 0.29) is 30.0 Å². The summed E-state index contributed by atoms with van der Waals surface area (Å²) in [5.41, 5.74) is 0.413. The molecule has 1 saturated carbocycles. The van der Waals surface area contributed by atoms with Crippen molar-refractivity contribution in [3.63, 3.8) is 0 Å². The van der Waals surface area contributed by atoms with Crippen molar-refractivity contribution in [2.24, 2.45) is 11.8 Å². The first-order valence-electron chi connectivity index (χ1n) is 9.40. The molecule has 8 heteroatoms. The van der Waals surface area contributed by atoms with Gasteiger partial charge in [-0.1, -0.05) is 12.8 Å². The van der Waals surface area contributed by atoms with Crippen LogP contribution < -0.4 is 5.32 Å². The number of carboxylic acid groups (broad SMARTS) is 1. The topological polar surface area (TPSA) is 119 Å². The Morgan fingerprint density at radius 1 is 0.929 bits per heavy atom. The number of esters is 2. The van der Waals surface area contributed by atoms with Gasteiger partial charge in [0.05, 0.1) is 36.2 Å². The molecule has 1 aromatic carbocycles. The van der Waals surface area contributed by atoms with Crippen LogP contribution in [0, 0.1) is 11.8 Å². The normalized spacial score (nSPS) is 18.8. The summed E-state index contributed by atoms with van der Waals surface area (Å²) in [6.07, 6.45) is 2.47. The van der Waals surface area contributed by atoms with Crippen molar-refractivity contribution >= 4 is 29.5 Å². The van der Waals surface area contributed by atoms with E-state index in [4.69, 9.17) is 9.47 Å². The molecule has 1 aliphatic rings. The molecular weight excluding hydrogens is 366 g/mol. The average Bonchev–Trinajstić information content (AvgIpc) is 2.68. The number of anilines is 1. The number of hydrogen-bond acceptors (Lipinski definition) is 6. The van der Waals surface area contributed by atoms with E-state index >= 15 is 0 Å². The Kier molecular flexibility index (Phi) is 7.54. The zero-order valence-corrected chi connectivity index (χ0v) is 16.0. The molecule has 2 unspecified atom stereocenters. The number of carbonyl (C=O) groups excluding carboxylic acids is 3. The predicted octanol–water partition coefficient (Wildman–Crippen LogP) is 2.87. The number of nitrogens with one attached hydrogen (secondary N) is 1.